The smallest absolute Gasteiger partial charge is 0.191 e. The number of morpholine rings is 1. The lowest BCUT2D eigenvalue weighted by atomic mass is 10.2. The van der Waals surface area contributed by atoms with Gasteiger partial charge in [0.15, 0.2) is 17.5 Å². The van der Waals surface area contributed by atoms with E-state index in [1.54, 1.807) is 7.11 Å². The zero-order valence-electron chi connectivity index (χ0n) is 18.0. The van der Waals surface area contributed by atoms with Crippen molar-refractivity contribution in [1.82, 2.24) is 15.5 Å². The van der Waals surface area contributed by atoms with E-state index in [1.165, 1.54) is 0 Å². The fraction of sp³-hybridized carbons (Fsp3) is 0.667. The van der Waals surface area contributed by atoms with Gasteiger partial charge in [-0.05, 0) is 44.0 Å². The van der Waals surface area contributed by atoms with Crippen LogP contribution in [0.25, 0.3) is 0 Å². The van der Waals surface area contributed by atoms with Crippen molar-refractivity contribution in [3.05, 3.63) is 23.8 Å². The van der Waals surface area contributed by atoms with E-state index >= 15 is 0 Å². The van der Waals surface area contributed by atoms with Gasteiger partial charge in [0.1, 0.15) is 0 Å². The number of hydrogen-bond acceptors (Lipinski definition) is 5. The van der Waals surface area contributed by atoms with E-state index in [2.05, 4.69) is 29.4 Å². The van der Waals surface area contributed by atoms with Crippen molar-refractivity contribution in [1.29, 1.82) is 0 Å². The highest BCUT2D eigenvalue weighted by atomic mass is 127. The number of benzene rings is 1. The first-order valence-electron chi connectivity index (χ1n) is 10.4. The Morgan fingerprint density at radius 2 is 1.97 bits per heavy atom. The van der Waals surface area contributed by atoms with Gasteiger partial charge in [0.2, 0.25) is 0 Å². The molecule has 0 aromatic heterocycles. The summed E-state index contributed by atoms with van der Waals surface area (Å²) in [5.74, 6) is 2.38. The highest BCUT2D eigenvalue weighted by Gasteiger charge is 2.09. The SMILES string of the molecule is CCCOc1ccc(CN=C(NCC)NCCCN2CCOCC2)cc1OC.I. The third-order valence-corrected chi connectivity index (χ3v) is 4.50. The van der Waals surface area contributed by atoms with Crippen LogP contribution >= 0.6 is 24.0 Å². The lowest BCUT2D eigenvalue weighted by Crippen LogP contribution is -2.40. The number of nitrogens with one attached hydrogen (secondary N) is 2. The molecule has 7 nitrogen and oxygen atoms in total. The molecule has 0 amide bonds. The molecule has 2 rings (SSSR count). The van der Waals surface area contributed by atoms with Crippen LogP contribution < -0.4 is 20.1 Å². The van der Waals surface area contributed by atoms with Crippen molar-refractivity contribution in [3.8, 4) is 11.5 Å². The first-order chi connectivity index (χ1) is 13.8. The topological polar surface area (TPSA) is 67.4 Å². The molecule has 0 spiro atoms. The molecule has 8 heteroatoms. The Hall–Kier alpha value is -1.26. The lowest BCUT2D eigenvalue weighted by molar-refractivity contribution is 0.0376. The molecule has 29 heavy (non-hydrogen) atoms. The van der Waals surface area contributed by atoms with Crippen LogP contribution in [0.3, 0.4) is 0 Å². The standard InChI is InChI=1S/C21H36N4O3.HI/c1-4-13-28-19-8-7-18(16-20(19)26-3)17-24-21(22-5-2)23-9-6-10-25-11-14-27-15-12-25;/h7-8,16H,4-6,9-15,17H2,1-3H3,(H2,22,23,24);1H. The molecular formula is C21H37IN4O3. The quantitative estimate of drug-likeness (QED) is 0.203. The molecule has 2 N–H and O–H groups in total. The summed E-state index contributed by atoms with van der Waals surface area (Å²) in [7, 11) is 1.67. The molecule has 0 atom stereocenters. The van der Waals surface area contributed by atoms with Gasteiger partial charge in [0.25, 0.3) is 0 Å². The van der Waals surface area contributed by atoms with Gasteiger partial charge in [-0.25, -0.2) is 4.99 Å². The summed E-state index contributed by atoms with van der Waals surface area (Å²) < 4.78 is 16.6. The van der Waals surface area contributed by atoms with Crippen molar-refractivity contribution in [2.24, 2.45) is 4.99 Å². The van der Waals surface area contributed by atoms with Gasteiger partial charge in [-0.1, -0.05) is 13.0 Å². The van der Waals surface area contributed by atoms with Crippen molar-refractivity contribution in [2.75, 3.05) is 59.7 Å². The molecule has 1 heterocycles. The van der Waals surface area contributed by atoms with Gasteiger partial charge in [0.05, 0.1) is 33.5 Å². The number of nitrogens with zero attached hydrogens (tertiary/aromatic N) is 2. The van der Waals surface area contributed by atoms with Gasteiger partial charge in [0, 0.05) is 26.2 Å². The monoisotopic (exact) mass is 520 g/mol. The summed E-state index contributed by atoms with van der Waals surface area (Å²) in [5, 5.41) is 6.73. The summed E-state index contributed by atoms with van der Waals surface area (Å²) in [4.78, 5) is 7.15. The van der Waals surface area contributed by atoms with Gasteiger partial charge in [-0.2, -0.15) is 0 Å². The number of methoxy groups -OCH3 is 1. The average molecular weight is 520 g/mol. The highest BCUT2D eigenvalue weighted by molar-refractivity contribution is 14.0. The van der Waals surface area contributed by atoms with E-state index in [-0.39, 0.29) is 24.0 Å². The van der Waals surface area contributed by atoms with Gasteiger partial charge in [-0.3, -0.25) is 4.90 Å². The van der Waals surface area contributed by atoms with Crippen molar-refractivity contribution < 1.29 is 14.2 Å². The average Bonchev–Trinajstić information content (AvgIpc) is 2.74. The van der Waals surface area contributed by atoms with Crippen LogP contribution in [0.1, 0.15) is 32.3 Å². The van der Waals surface area contributed by atoms with Crippen LogP contribution in [0, 0.1) is 0 Å². The molecule has 1 aromatic carbocycles. The van der Waals surface area contributed by atoms with E-state index in [4.69, 9.17) is 19.2 Å². The minimum atomic E-state index is 0. The molecule has 1 saturated heterocycles. The second-order valence-corrected chi connectivity index (χ2v) is 6.76. The molecule has 1 aliphatic rings. The second kappa shape index (κ2) is 15.6. The number of guanidine groups is 1. The highest BCUT2D eigenvalue weighted by Crippen LogP contribution is 2.28. The van der Waals surface area contributed by atoms with Crippen molar-refractivity contribution >= 4 is 29.9 Å². The van der Waals surface area contributed by atoms with Crippen LogP contribution in [0.5, 0.6) is 11.5 Å². The third kappa shape index (κ3) is 9.86. The summed E-state index contributed by atoms with van der Waals surface area (Å²) >= 11 is 0. The largest absolute Gasteiger partial charge is 0.493 e. The van der Waals surface area contributed by atoms with E-state index in [0.717, 1.165) is 81.8 Å². The van der Waals surface area contributed by atoms with Gasteiger partial charge < -0.3 is 24.8 Å². The zero-order valence-corrected chi connectivity index (χ0v) is 20.4. The first-order valence-corrected chi connectivity index (χ1v) is 10.4. The molecular weight excluding hydrogens is 483 g/mol. The predicted octanol–water partition coefficient (Wildman–Crippen LogP) is 2.88. The Kier molecular flexibility index (Phi) is 13.8. The number of ether oxygens (including phenoxy) is 3. The maximum absolute atomic E-state index is 5.71. The Labute approximate surface area is 192 Å². The zero-order chi connectivity index (χ0) is 20.0. The second-order valence-electron chi connectivity index (χ2n) is 6.76. The lowest BCUT2D eigenvalue weighted by Gasteiger charge is -2.26. The van der Waals surface area contributed by atoms with Crippen LogP contribution in [0.15, 0.2) is 23.2 Å². The fourth-order valence-corrected chi connectivity index (χ4v) is 2.99. The Morgan fingerprint density at radius 1 is 1.17 bits per heavy atom. The summed E-state index contributed by atoms with van der Waals surface area (Å²) in [6.45, 7) is 12.0. The molecule has 1 aromatic rings. The van der Waals surface area contributed by atoms with Gasteiger partial charge >= 0.3 is 0 Å². The minimum absolute atomic E-state index is 0. The third-order valence-electron chi connectivity index (χ3n) is 4.50. The Balaban J connectivity index is 0.00000420. The fourth-order valence-electron chi connectivity index (χ4n) is 2.99. The van der Waals surface area contributed by atoms with Crippen LogP contribution in [0.2, 0.25) is 0 Å². The van der Waals surface area contributed by atoms with Crippen LogP contribution in [-0.4, -0.2) is 70.5 Å². The summed E-state index contributed by atoms with van der Waals surface area (Å²) in [6, 6.07) is 6.00. The van der Waals surface area contributed by atoms with Crippen molar-refractivity contribution in [3.63, 3.8) is 0 Å². The van der Waals surface area contributed by atoms with Crippen LogP contribution in [0.4, 0.5) is 0 Å². The van der Waals surface area contributed by atoms with E-state index in [1.807, 2.05) is 18.2 Å². The van der Waals surface area contributed by atoms with E-state index in [9.17, 15) is 0 Å². The Bertz CT molecular complexity index is 595. The van der Waals surface area contributed by atoms with Gasteiger partial charge in [-0.15, -0.1) is 24.0 Å². The molecule has 1 fully saturated rings. The molecule has 166 valence electrons. The predicted molar refractivity (Wildman–Crippen MR) is 129 cm³/mol. The number of rotatable bonds is 11. The summed E-state index contributed by atoms with van der Waals surface area (Å²) in [5.41, 5.74) is 1.09. The van der Waals surface area contributed by atoms with Crippen LogP contribution in [-0.2, 0) is 11.3 Å². The Morgan fingerprint density at radius 3 is 2.66 bits per heavy atom. The molecule has 1 aliphatic heterocycles. The normalized spacial score (nSPS) is 14.8. The first kappa shape index (κ1) is 25.8. The minimum Gasteiger partial charge on any atom is -0.493 e. The molecule has 0 aliphatic carbocycles. The maximum atomic E-state index is 5.71. The number of halogens is 1. The molecule has 0 unspecified atom stereocenters. The maximum Gasteiger partial charge on any atom is 0.191 e. The molecule has 0 bridgehead atoms. The summed E-state index contributed by atoms with van der Waals surface area (Å²) in [6.07, 6.45) is 2.06. The van der Waals surface area contributed by atoms with Crippen molar-refractivity contribution in [2.45, 2.75) is 33.2 Å². The number of hydrogen-bond donors (Lipinski definition) is 2. The number of aliphatic imine (C=N–C) groups is 1. The van der Waals surface area contributed by atoms with E-state index < -0.39 is 0 Å². The molecule has 0 saturated carbocycles. The molecule has 0 radical (unpaired) electrons. The van der Waals surface area contributed by atoms with E-state index in [0.29, 0.717) is 13.2 Å².